The van der Waals surface area contributed by atoms with E-state index in [1.54, 1.807) is 19.3 Å². The number of rotatable bonds is 0. The maximum atomic E-state index is 11.6. The topological polar surface area (TPSA) is 73.8 Å². The zero-order chi connectivity index (χ0) is 10.3. The lowest BCUT2D eigenvalue weighted by Crippen LogP contribution is -2.20. The molecule has 0 aliphatic rings. The van der Waals surface area contributed by atoms with E-state index in [9.17, 15) is 4.79 Å². The van der Waals surface area contributed by atoms with Gasteiger partial charge in [0, 0.05) is 18.1 Å². The molecule has 5 heteroatoms. The predicted octanol–water partition coefficient (Wildman–Crippen LogP) is 0.219. The van der Waals surface area contributed by atoms with Gasteiger partial charge in [-0.1, -0.05) is 0 Å². The van der Waals surface area contributed by atoms with Crippen LogP contribution in [-0.4, -0.2) is 14.8 Å². The van der Waals surface area contributed by atoms with Crippen molar-refractivity contribution in [3.05, 3.63) is 28.3 Å². The molecule has 0 spiro atoms. The Hall–Kier alpha value is -1.91. The number of anilines is 1. The van der Waals surface area contributed by atoms with Crippen molar-refractivity contribution in [1.82, 2.24) is 14.8 Å². The van der Waals surface area contributed by atoms with Crippen LogP contribution in [0.1, 0.15) is 5.69 Å². The maximum Gasteiger partial charge on any atom is 0.278 e. The minimum atomic E-state index is -0.215. The van der Waals surface area contributed by atoms with Gasteiger partial charge < -0.3 is 5.73 Å². The highest BCUT2D eigenvalue weighted by atomic mass is 16.1. The van der Waals surface area contributed by atoms with Crippen LogP contribution >= 0.6 is 0 Å². The van der Waals surface area contributed by atoms with Crippen LogP contribution in [0.5, 0.6) is 0 Å². The molecule has 2 rings (SSSR count). The Kier molecular flexibility index (Phi) is 1.73. The molecule has 2 heterocycles. The van der Waals surface area contributed by atoms with Gasteiger partial charge in [-0.15, -0.1) is 0 Å². The number of nitrogens with zero attached hydrogens (tertiary/aromatic N) is 3. The third-order valence-corrected chi connectivity index (χ3v) is 2.08. The second-order valence-electron chi connectivity index (χ2n) is 3.19. The van der Waals surface area contributed by atoms with Crippen LogP contribution in [0.25, 0.3) is 10.8 Å². The summed E-state index contributed by atoms with van der Waals surface area (Å²) < 4.78 is 1.25. The van der Waals surface area contributed by atoms with Gasteiger partial charge >= 0.3 is 0 Å². The van der Waals surface area contributed by atoms with Crippen molar-refractivity contribution in [2.45, 2.75) is 6.92 Å². The molecule has 0 saturated heterocycles. The minimum Gasteiger partial charge on any atom is -0.383 e. The van der Waals surface area contributed by atoms with Gasteiger partial charge in [0.25, 0.3) is 5.56 Å². The van der Waals surface area contributed by atoms with Gasteiger partial charge in [0.05, 0.1) is 11.6 Å². The van der Waals surface area contributed by atoms with Crippen molar-refractivity contribution in [2.24, 2.45) is 7.05 Å². The Balaban J connectivity index is 3.03. The summed E-state index contributed by atoms with van der Waals surface area (Å²) >= 11 is 0. The van der Waals surface area contributed by atoms with Crippen LogP contribution in [0.4, 0.5) is 5.82 Å². The van der Waals surface area contributed by atoms with Crippen LogP contribution in [0, 0.1) is 6.92 Å². The van der Waals surface area contributed by atoms with Gasteiger partial charge in [0.2, 0.25) is 0 Å². The van der Waals surface area contributed by atoms with Crippen molar-refractivity contribution in [3.8, 4) is 0 Å². The molecule has 2 aromatic heterocycles. The van der Waals surface area contributed by atoms with E-state index in [0.29, 0.717) is 5.39 Å². The van der Waals surface area contributed by atoms with E-state index in [1.165, 1.54) is 4.68 Å². The van der Waals surface area contributed by atoms with Crippen LogP contribution in [0.2, 0.25) is 0 Å². The number of pyridine rings is 1. The van der Waals surface area contributed by atoms with Crippen LogP contribution < -0.4 is 11.3 Å². The number of nitrogen functional groups attached to an aromatic ring is 1. The Morgan fingerprint density at radius 3 is 2.93 bits per heavy atom. The molecule has 2 aromatic rings. The summed E-state index contributed by atoms with van der Waals surface area (Å²) in [5.41, 5.74) is 6.24. The van der Waals surface area contributed by atoms with Crippen LogP contribution in [0.3, 0.4) is 0 Å². The third-order valence-electron chi connectivity index (χ3n) is 2.08. The molecule has 0 amide bonds. The number of hydrogen-bond donors (Lipinski definition) is 1. The lowest BCUT2D eigenvalue weighted by molar-refractivity contribution is 0.718. The lowest BCUT2D eigenvalue weighted by atomic mass is 10.2. The number of fused-ring (bicyclic) bond motifs is 1. The fourth-order valence-corrected chi connectivity index (χ4v) is 1.42. The van der Waals surface area contributed by atoms with E-state index >= 15 is 0 Å². The highest BCUT2D eigenvalue weighted by Crippen LogP contribution is 2.14. The maximum absolute atomic E-state index is 11.6. The second-order valence-corrected chi connectivity index (χ2v) is 3.19. The van der Waals surface area contributed by atoms with Gasteiger partial charge in [-0.2, -0.15) is 5.10 Å². The Bertz CT molecular complexity index is 558. The molecular formula is C9H10N4O. The van der Waals surface area contributed by atoms with Gasteiger partial charge in [-0.25, -0.2) is 9.67 Å². The van der Waals surface area contributed by atoms with Crippen molar-refractivity contribution >= 4 is 16.6 Å². The second kappa shape index (κ2) is 2.80. The summed E-state index contributed by atoms with van der Waals surface area (Å²) in [6.45, 7) is 1.83. The summed E-state index contributed by atoms with van der Waals surface area (Å²) in [6.07, 6.45) is 1.61. The average Bonchev–Trinajstić information content (AvgIpc) is 2.10. The highest BCUT2D eigenvalue weighted by molar-refractivity contribution is 5.89. The summed E-state index contributed by atoms with van der Waals surface area (Å²) in [5.74, 6) is 0.267. The summed E-state index contributed by atoms with van der Waals surface area (Å²) in [5, 5.41) is 5.08. The first kappa shape index (κ1) is 8.68. The first-order valence-electron chi connectivity index (χ1n) is 4.19. The quantitative estimate of drug-likeness (QED) is 0.644. The molecule has 0 saturated carbocycles. The van der Waals surface area contributed by atoms with E-state index in [1.807, 2.05) is 6.92 Å². The molecule has 14 heavy (non-hydrogen) atoms. The van der Waals surface area contributed by atoms with Gasteiger partial charge in [-0.3, -0.25) is 4.79 Å². The molecule has 0 atom stereocenters. The van der Waals surface area contributed by atoms with E-state index in [2.05, 4.69) is 10.1 Å². The molecule has 0 aromatic carbocycles. The van der Waals surface area contributed by atoms with Gasteiger partial charge in [0.1, 0.15) is 5.82 Å². The van der Waals surface area contributed by atoms with Crippen LogP contribution in [0.15, 0.2) is 17.1 Å². The first-order valence-corrected chi connectivity index (χ1v) is 4.19. The van der Waals surface area contributed by atoms with E-state index < -0.39 is 0 Å². The van der Waals surface area contributed by atoms with Gasteiger partial charge in [0.15, 0.2) is 0 Å². The first-order chi connectivity index (χ1) is 6.59. The normalized spacial score (nSPS) is 10.7. The SMILES string of the molecule is Cc1cc2cnn(C)c(=O)c2c(N)n1. The minimum absolute atomic E-state index is 0.215. The van der Waals surface area contributed by atoms with Gasteiger partial charge in [-0.05, 0) is 13.0 Å². The fraction of sp³-hybridized carbons (Fsp3) is 0.222. The van der Waals surface area contributed by atoms with Crippen molar-refractivity contribution < 1.29 is 0 Å². The smallest absolute Gasteiger partial charge is 0.278 e. The molecule has 72 valence electrons. The monoisotopic (exact) mass is 190 g/mol. The number of aromatic nitrogens is 3. The number of hydrogen-bond acceptors (Lipinski definition) is 4. The lowest BCUT2D eigenvalue weighted by Gasteiger charge is -2.03. The Morgan fingerprint density at radius 1 is 1.50 bits per heavy atom. The van der Waals surface area contributed by atoms with Crippen molar-refractivity contribution in [3.63, 3.8) is 0 Å². The Morgan fingerprint density at radius 2 is 2.21 bits per heavy atom. The van der Waals surface area contributed by atoms with Crippen molar-refractivity contribution in [1.29, 1.82) is 0 Å². The standard InChI is InChI=1S/C9H10N4O/c1-5-3-6-4-11-13(2)9(14)7(6)8(10)12-5/h3-4H,1-2H3,(H2,10,12). The Labute approximate surface area is 80.2 Å². The van der Waals surface area contributed by atoms with E-state index in [-0.39, 0.29) is 11.4 Å². The number of nitrogens with two attached hydrogens (primary N) is 1. The number of aryl methyl sites for hydroxylation is 2. The van der Waals surface area contributed by atoms with E-state index in [0.717, 1.165) is 11.1 Å². The van der Waals surface area contributed by atoms with E-state index in [4.69, 9.17) is 5.73 Å². The van der Waals surface area contributed by atoms with Crippen LogP contribution in [-0.2, 0) is 7.05 Å². The third kappa shape index (κ3) is 1.14. The highest BCUT2D eigenvalue weighted by Gasteiger charge is 2.06. The average molecular weight is 190 g/mol. The molecule has 0 bridgehead atoms. The zero-order valence-electron chi connectivity index (χ0n) is 7.98. The summed E-state index contributed by atoms with van der Waals surface area (Å²) in [4.78, 5) is 15.7. The molecule has 2 N–H and O–H groups in total. The molecule has 0 unspecified atom stereocenters. The van der Waals surface area contributed by atoms with Crippen molar-refractivity contribution in [2.75, 3.05) is 5.73 Å². The predicted molar refractivity (Wildman–Crippen MR) is 53.9 cm³/mol. The molecule has 0 fully saturated rings. The summed E-state index contributed by atoms with van der Waals surface area (Å²) in [6, 6.07) is 1.79. The zero-order valence-corrected chi connectivity index (χ0v) is 7.98. The molecular weight excluding hydrogens is 180 g/mol. The molecule has 0 aliphatic heterocycles. The summed E-state index contributed by atoms with van der Waals surface area (Å²) in [7, 11) is 1.58. The molecule has 0 aliphatic carbocycles. The fourth-order valence-electron chi connectivity index (χ4n) is 1.42. The molecule has 0 radical (unpaired) electrons. The molecule has 5 nitrogen and oxygen atoms in total. The largest absolute Gasteiger partial charge is 0.383 e.